The smallest absolute Gasteiger partial charge is 0.322 e. The van der Waals surface area contributed by atoms with Crippen molar-refractivity contribution in [2.75, 3.05) is 0 Å². The molecule has 0 aliphatic carbocycles. The molecule has 4 aromatic rings. The van der Waals surface area contributed by atoms with Crippen LogP contribution in [0, 0.1) is 0 Å². The van der Waals surface area contributed by atoms with Gasteiger partial charge in [-0.3, -0.25) is 4.90 Å². The molecular formula is C24H19ClN4O2S. The molecule has 2 aromatic carbocycles. The fourth-order valence-corrected chi connectivity index (χ4v) is 4.64. The minimum absolute atomic E-state index is 0.196. The Balaban J connectivity index is 1.61. The normalized spacial score (nSPS) is 16.4. The maximum atomic E-state index is 13.1. The molecule has 2 aromatic heterocycles. The molecule has 6 nitrogen and oxygen atoms in total. The SMILES string of the molecule is CC1=C(c2nc(-c3cccs3)no2)C(c2cccc(Cl)c2)NC(=O)N1Cc1ccccc1. The first-order valence-electron chi connectivity index (χ1n) is 10.1. The summed E-state index contributed by atoms with van der Waals surface area (Å²) in [5, 5.41) is 9.83. The summed E-state index contributed by atoms with van der Waals surface area (Å²) in [6.07, 6.45) is 0. The number of aromatic nitrogens is 2. The zero-order valence-electron chi connectivity index (χ0n) is 17.2. The Morgan fingerprint density at radius 3 is 2.72 bits per heavy atom. The largest absolute Gasteiger partial charge is 0.334 e. The number of nitrogens with zero attached hydrogens (tertiary/aromatic N) is 3. The predicted molar refractivity (Wildman–Crippen MR) is 125 cm³/mol. The van der Waals surface area contributed by atoms with Crippen LogP contribution in [-0.4, -0.2) is 21.1 Å². The van der Waals surface area contributed by atoms with Crippen molar-refractivity contribution in [1.29, 1.82) is 0 Å². The zero-order chi connectivity index (χ0) is 22.1. The molecule has 3 heterocycles. The molecule has 1 atom stereocenters. The number of amides is 2. The Kier molecular flexibility index (Phi) is 5.51. The van der Waals surface area contributed by atoms with E-state index in [4.69, 9.17) is 16.1 Å². The number of thiophene rings is 1. The number of urea groups is 1. The van der Waals surface area contributed by atoms with Crippen LogP contribution in [0.3, 0.4) is 0 Å². The van der Waals surface area contributed by atoms with Crippen molar-refractivity contribution < 1.29 is 9.32 Å². The van der Waals surface area contributed by atoms with E-state index in [1.807, 2.05) is 73.0 Å². The second kappa shape index (κ2) is 8.61. The summed E-state index contributed by atoms with van der Waals surface area (Å²) in [4.78, 5) is 20.4. The Bertz CT molecular complexity index is 1280. The van der Waals surface area contributed by atoms with E-state index in [0.717, 1.165) is 27.3 Å². The third kappa shape index (κ3) is 3.92. The quantitative estimate of drug-likeness (QED) is 0.386. The zero-order valence-corrected chi connectivity index (χ0v) is 18.7. The average Bonchev–Trinajstić information content (AvgIpc) is 3.49. The minimum atomic E-state index is -0.468. The molecule has 32 heavy (non-hydrogen) atoms. The van der Waals surface area contributed by atoms with Gasteiger partial charge in [0.1, 0.15) is 0 Å². The lowest BCUT2D eigenvalue weighted by Crippen LogP contribution is -2.45. The Labute approximate surface area is 194 Å². The lowest BCUT2D eigenvalue weighted by molar-refractivity contribution is 0.203. The number of carbonyl (C=O) groups is 1. The highest BCUT2D eigenvalue weighted by molar-refractivity contribution is 7.13. The summed E-state index contributed by atoms with van der Waals surface area (Å²) in [5.41, 5.74) is 3.37. The van der Waals surface area contributed by atoms with E-state index in [0.29, 0.717) is 23.3 Å². The molecule has 1 unspecified atom stereocenters. The number of nitrogens with one attached hydrogen (secondary N) is 1. The van der Waals surface area contributed by atoms with E-state index in [1.54, 1.807) is 11.0 Å². The van der Waals surface area contributed by atoms with Crippen LogP contribution in [0.2, 0.25) is 5.02 Å². The highest BCUT2D eigenvalue weighted by Crippen LogP contribution is 2.38. The molecule has 0 fully saturated rings. The first kappa shape index (κ1) is 20.5. The number of rotatable bonds is 5. The van der Waals surface area contributed by atoms with Crippen LogP contribution in [0.15, 0.2) is 82.3 Å². The van der Waals surface area contributed by atoms with Crippen molar-refractivity contribution in [3.63, 3.8) is 0 Å². The molecule has 160 valence electrons. The molecule has 0 spiro atoms. The summed E-state index contributed by atoms with van der Waals surface area (Å²) >= 11 is 7.79. The number of hydrogen-bond donors (Lipinski definition) is 1. The fraction of sp³-hybridized carbons (Fsp3) is 0.125. The second-order valence-electron chi connectivity index (χ2n) is 7.41. The maximum absolute atomic E-state index is 13.1. The van der Waals surface area contributed by atoms with E-state index in [9.17, 15) is 4.79 Å². The molecule has 0 saturated carbocycles. The van der Waals surface area contributed by atoms with Crippen molar-refractivity contribution in [3.8, 4) is 10.7 Å². The first-order valence-corrected chi connectivity index (χ1v) is 11.3. The Hall–Kier alpha value is -3.42. The number of allylic oxidation sites excluding steroid dienone is 1. The number of carbonyl (C=O) groups excluding carboxylic acids is 1. The van der Waals surface area contributed by atoms with Gasteiger partial charge in [0.05, 0.1) is 23.0 Å². The summed E-state index contributed by atoms with van der Waals surface area (Å²) in [6.45, 7) is 2.33. The van der Waals surface area contributed by atoms with Crippen molar-refractivity contribution in [2.45, 2.75) is 19.5 Å². The lowest BCUT2D eigenvalue weighted by Gasteiger charge is -2.35. The molecule has 0 saturated heterocycles. The van der Waals surface area contributed by atoms with Gasteiger partial charge in [-0.15, -0.1) is 11.3 Å². The van der Waals surface area contributed by atoms with E-state index >= 15 is 0 Å². The van der Waals surface area contributed by atoms with E-state index < -0.39 is 6.04 Å². The maximum Gasteiger partial charge on any atom is 0.322 e. The monoisotopic (exact) mass is 462 g/mol. The Morgan fingerprint density at radius 1 is 1.12 bits per heavy atom. The molecule has 1 N–H and O–H groups in total. The van der Waals surface area contributed by atoms with Gasteiger partial charge in [0.2, 0.25) is 5.82 Å². The number of hydrogen-bond acceptors (Lipinski definition) is 5. The van der Waals surface area contributed by atoms with Crippen LogP contribution in [0.1, 0.15) is 30.0 Å². The van der Waals surface area contributed by atoms with Gasteiger partial charge in [-0.2, -0.15) is 4.98 Å². The molecule has 5 rings (SSSR count). The van der Waals surface area contributed by atoms with Crippen molar-refractivity contribution in [2.24, 2.45) is 0 Å². The number of benzene rings is 2. The average molecular weight is 463 g/mol. The summed E-state index contributed by atoms with van der Waals surface area (Å²) in [5.74, 6) is 0.889. The molecule has 1 aliphatic rings. The van der Waals surface area contributed by atoms with Crippen LogP contribution in [-0.2, 0) is 6.54 Å². The van der Waals surface area contributed by atoms with Gasteiger partial charge < -0.3 is 9.84 Å². The van der Waals surface area contributed by atoms with Gasteiger partial charge >= 0.3 is 6.03 Å². The van der Waals surface area contributed by atoms with Gasteiger partial charge in [-0.05, 0) is 41.6 Å². The van der Waals surface area contributed by atoms with Gasteiger partial charge in [-0.1, -0.05) is 65.3 Å². The summed E-state index contributed by atoms with van der Waals surface area (Å²) < 4.78 is 5.69. The van der Waals surface area contributed by atoms with Crippen LogP contribution in [0.25, 0.3) is 16.3 Å². The van der Waals surface area contributed by atoms with Crippen LogP contribution in [0.4, 0.5) is 4.79 Å². The molecular weight excluding hydrogens is 444 g/mol. The van der Waals surface area contributed by atoms with Crippen molar-refractivity contribution in [1.82, 2.24) is 20.4 Å². The van der Waals surface area contributed by atoms with Crippen LogP contribution >= 0.6 is 22.9 Å². The molecule has 8 heteroatoms. The van der Waals surface area contributed by atoms with E-state index in [2.05, 4.69) is 15.5 Å². The highest BCUT2D eigenvalue weighted by Gasteiger charge is 2.35. The van der Waals surface area contributed by atoms with Gasteiger partial charge in [0.25, 0.3) is 5.89 Å². The van der Waals surface area contributed by atoms with Gasteiger partial charge in [-0.25, -0.2) is 4.79 Å². The predicted octanol–water partition coefficient (Wildman–Crippen LogP) is 6.15. The third-order valence-electron chi connectivity index (χ3n) is 5.36. The summed E-state index contributed by atoms with van der Waals surface area (Å²) in [7, 11) is 0. The van der Waals surface area contributed by atoms with E-state index in [-0.39, 0.29) is 6.03 Å². The third-order valence-corrected chi connectivity index (χ3v) is 6.46. The van der Waals surface area contributed by atoms with Crippen molar-refractivity contribution >= 4 is 34.5 Å². The van der Waals surface area contributed by atoms with Crippen LogP contribution in [0.5, 0.6) is 0 Å². The summed E-state index contributed by atoms with van der Waals surface area (Å²) in [6, 6.07) is 20.5. The van der Waals surface area contributed by atoms with E-state index in [1.165, 1.54) is 11.3 Å². The van der Waals surface area contributed by atoms with Gasteiger partial charge in [0.15, 0.2) is 0 Å². The fourth-order valence-electron chi connectivity index (χ4n) is 3.79. The lowest BCUT2D eigenvalue weighted by atomic mass is 9.94. The molecule has 2 amide bonds. The van der Waals surface area contributed by atoms with Crippen LogP contribution < -0.4 is 5.32 Å². The molecule has 0 bridgehead atoms. The Morgan fingerprint density at radius 2 is 1.97 bits per heavy atom. The number of halogens is 1. The minimum Gasteiger partial charge on any atom is -0.334 e. The standard InChI is InChI=1S/C24H19ClN4O2S/c1-15-20(23-27-22(28-31-23)19-11-6-12-32-19)21(17-9-5-10-18(25)13-17)26-24(30)29(15)14-16-7-3-2-4-8-16/h2-13,21H,14H2,1H3,(H,26,30). The molecule has 0 radical (unpaired) electrons. The van der Waals surface area contributed by atoms with Gasteiger partial charge in [0, 0.05) is 10.7 Å². The second-order valence-corrected chi connectivity index (χ2v) is 8.79. The van der Waals surface area contributed by atoms with Crippen molar-refractivity contribution in [3.05, 3.63) is 99.8 Å². The highest BCUT2D eigenvalue weighted by atomic mass is 35.5. The topological polar surface area (TPSA) is 71.3 Å². The molecule has 1 aliphatic heterocycles. The first-order chi connectivity index (χ1) is 15.6.